The van der Waals surface area contributed by atoms with Crippen LogP contribution in [0.15, 0.2) is 23.4 Å². The fourth-order valence-corrected chi connectivity index (χ4v) is 7.60. The van der Waals surface area contributed by atoms with Gasteiger partial charge in [0.15, 0.2) is 0 Å². The smallest absolute Gasteiger partial charge is 0.0809 e. The largest absolute Gasteiger partial charge is 0.393 e. The van der Waals surface area contributed by atoms with Gasteiger partial charge < -0.3 is 10.2 Å². The SMILES string of the molecule is Cc1nn(C)cc1/C=C1/C[C@H]2[C@@H]3CC=C4C[C@H](O)CC[C@]4(C)[C@H]3CC[C@]2(C)[C@H]1O. The fraction of sp³-hybridized carbons (Fsp3) is 0.720. The van der Waals surface area contributed by atoms with Gasteiger partial charge in [-0.05, 0) is 86.7 Å². The molecule has 4 aliphatic rings. The highest BCUT2D eigenvalue weighted by atomic mass is 16.3. The molecule has 5 rings (SSSR count). The quantitative estimate of drug-likeness (QED) is 0.692. The molecule has 0 bridgehead atoms. The van der Waals surface area contributed by atoms with Gasteiger partial charge in [0.05, 0.1) is 17.9 Å². The Morgan fingerprint density at radius 1 is 1.14 bits per heavy atom. The number of hydrogen-bond acceptors (Lipinski definition) is 3. The van der Waals surface area contributed by atoms with Crippen LogP contribution in [0.4, 0.5) is 0 Å². The number of aromatic nitrogens is 2. The second kappa shape index (κ2) is 6.55. The van der Waals surface area contributed by atoms with Crippen molar-refractivity contribution in [2.45, 2.75) is 77.9 Å². The first-order valence-corrected chi connectivity index (χ1v) is 11.5. The van der Waals surface area contributed by atoms with Crippen LogP contribution >= 0.6 is 0 Å². The predicted octanol–water partition coefficient (Wildman–Crippen LogP) is 4.41. The predicted molar refractivity (Wildman–Crippen MR) is 115 cm³/mol. The van der Waals surface area contributed by atoms with Crippen LogP contribution < -0.4 is 0 Å². The molecule has 1 heterocycles. The van der Waals surface area contributed by atoms with Crippen LogP contribution in [0.2, 0.25) is 0 Å². The Hall–Kier alpha value is -1.39. The summed E-state index contributed by atoms with van der Waals surface area (Å²) in [5.41, 5.74) is 5.12. The molecule has 4 heteroatoms. The van der Waals surface area contributed by atoms with Gasteiger partial charge in [0.25, 0.3) is 0 Å². The van der Waals surface area contributed by atoms with Crippen molar-refractivity contribution in [2.75, 3.05) is 0 Å². The molecule has 0 unspecified atom stereocenters. The first-order chi connectivity index (χ1) is 13.7. The lowest BCUT2D eigenvalue weighted by Crippen LogP contribution is -2.51. The lowest BCUT2D eigenvalue weighted by Gasteiger charge is -2.57. The maximum Gasteiger partial charge on any atom is 0.0809 e. The minimum atomic E-state index is -0.348. The Kier molecular flexibility index (Phi) is 4.42. The topological polar surface area (TPSA) is 58.3 Å². The van der Waals surface area contributed by atoms with E-state index in [4.69, 9.17) is 0 Å². The van der Waals surface area contributed by atoms with Gasteiger partial charge in [-0.15, -0.1) is 0 Å². The highest BCUT2D eigenvalue weighted by molar-refractivity contribution is 5.57. The molecule has 0 amide bonds. The van der Waals surface area contributed by atoms with E-state index in [-0.39, 0.29) is 23.0 Å². The van der Waals surface area contributed by atoms with E-state index in [9.17, 15) is 10.2 Å². The van der Waals surface area contributed by atoms with Crippen molar-refractivity contribution in [3.63, 3.8) is 0 Å². The fourth-order valence-electron chi connectivity index (χ4n) is 7.60. The van der Waals surface area contributed by atoms with Crippen molar-refractivity contribution in [2.24, 2.45) is 35.6 Å². The van der Waals surface area contributed by atoms with Crippen LogP contribution in [0.3, 0.4) is 0 Å². The normalized spacial score (nSPS) is 45.5. The van der Waals surface area contributed by atoms with Gasteiger partial charge in [0, 0.05) is 24.2 Å². The molecule has 0 aliphatic heterocycles. The summed E-state index contributed by atoms with van der Waals surface area (Å²) in [7, 11) is 1.96. The van der Waals surface area contributed by atoms with E-state index in [1.54, 1.807) is 0 Å². The number of hydrogen-bond donors (Lipinski definition) is 2. The molecule has 158 valence electrons. The average molecular weight is 397 g/mol. The summed E-state index contributed by atoms with van der Waals surface area (Å²) >= 11 is 0. The van der Waals surface area contributed by atoms with E-state index < -0.39 is 0 Å². The highest BCUT2D eigenvalue weighted by Crippen LogP contribution is 2.65. The van der Waals surface area contributed by atoms with Crippen molar-refractivity contribution in [3.8, 4) is 0 Å². The molecule has 7 atom stereocenters. The van der Waals surface area contributed by atoms with Crippen LogP contribution in [0.25, 0.3) is 6.08 Å². The first-order valence-electron chi connectivity index (χ1n) is 11.5. The van der Waals surface area contributed by atoms with Gasteiger partial charge in [-0.1, -0.05) is 25.5 Å². The van der Waals surface area contributed by atoms with Gasteiger partial charge in [-0.25, -0.2) is 0 Å². The van der Waals surface area contributed by atoms with Crippen LogP contribution in [-0.2, 0) is 7.05 Å². The number of fused-ring (bicyclic) bond motifs is 5. The summed E-state index contributed by atoms with van der Waals surface area (Å²) in [5.74, 6) is 1.88. The Morgan fingerprint density at radius 3 is 2.66 bits per heavy atom. The number of nitrogens with zero attached hydrogens (tertiary/aromatic N) is 2. The van der Waals surface area contributed by atoms with Crippen LogP contribution in [-0.4, -0.2) is 32.2 Å². The number of rotatable bonds is 1. The van der Waals surface area contributed by atoms with Crippen LogP contribution in [0.1, 0.15) is 70.1 Å². The molecule has 3 saturated carbocycles. The molecule has 0 aromatic carbocycles. The average Bonchev–Trinajstić information content (AvgIpc) is 3.12. The Labute approximate surface area is 174 Å². The van der Waals surface area contributed by atoms with Crippen LogP contribution in [0.5, 0.6) is 0 Å². The highest BCUT2D eigenvalue weighted by Gasteiger charge is 2.59. The molecular formula is C25H36N2O2. The Balaban J connectivity index is 1.48. The maximum atomic E-state index is 11.4. The molecular weight excluding hydrogens is 360 g/mol. The standard InChI is InChI=1S/C25H36N2O2/c1-15-17(14-27(4)26-15)11-16-12-22-20-6-5-18-13-19(28)7-9-24(18,2)21(20)8-10-25(22,3)23(16)29/h5,11,14,19-23,28-29H,6-10,12-13H2,1-4H3/b16-11-/t19-,20-,21+,22+,23+,24+,25+/m1/s1. The van der Waals surface area contributed by atoms with Crippen molar-refractivity contribution in [1.29, 1.82) is 0 Å². The van der Waals surface area contributed by atoms with Gasteiger partial charge in [0.1, 0.15) is 0 Å². The molecule has 2 N–H and O–H groups in total. The third-order valence-corrected chi connectivity index (χ3v) is 9.34. The van der Waals surface area contributed by atoms with E-state index in [1.807, 2.05) is 18.7 Å². The first kappa shape index (κ1) is 19.6. The second-order valence-corrected chi connectivity index (χ2v) is 10.9. The van der Waals surface area contributed by atoms with Gasteiger partial charge in [-0.2, -0.15) is 5.10 Å². The van der Waals surface area contributed by atoms with E-state index in [0.717, 1.165) is 49.8 Å². The molecule has 1 aromatic rings. The monoisotopic (exact) mass is 396 g/mol. The van der Waals surface area contributed by atoms with Crippen molar-refractivity contribution in [1.82, 2.24) is 9.78 Å². The number of aliphatic hydroxyl groups is 2. The van der Waals surface area contributed by atoms with Gasteiger partial charge in [0.2, 0.25) is 0 Å². The van der Waals surface area contributed by atoms with E-state index in [2.05, 4.69) is 37.3 Å². The maximum absolute atomic E-state index is 11.4. The van der Waals surface area contributed by atoms with Gasteiger partial charge >= 0.3 is 0 Å². The summed E-state index contributed by atoms with van der Waals surface area (Å²) in [4.78, 5) is 0. The zero-order chi connectivity index (χ0) is 20.6. The number of allylic oxidation sites excluding steroid dienone is 1. The minimum Gasteiger partial charge on any atom is -0.393 e. The molecule has 1 aromatic heterocycles. The molecule has 0 saturated heterocycles. The molecule has 0 spiro atoms. The zero-order valence-corrected chi connectivity index (χ0v) is 18.4. The lowest BCUT2D eigenvalue weighted by molar-refractivity contribution is -0.0685. The van der Waals surface area contributed by atoms with Crippen LogP contribution in [0, 0.1) is 35.5 Å². The Morgan fingerprint density at radius 2 is 1.93 bits per heavy atom. The van der Waals surface area contributed by atoms with E-state index >= 15 is 0 Å². The van der Waals surface area contributed by atoms with Crippen molar-refractivity contribution < 1.29 is 10.2 Å². The minimum absolute atomic E-state index is 0.0149. The second-order valence-electron chi connectivity index (χ2n) is 10.9. The molecule has 4 nitrogen and oxygen atoms in total. The third kappa shape index (κ3) is 2.82. The van der Waals surface area contributed by atoms with E-state index in [1.165, 1.54) is 17.6 Å². The van der Waals surface area contributed by atoms with E-state index in [0.29, 0.717) is 17.8 Å². The molecule has 4 aliphatic carbocycles. The molecule has 0 radical (unpaired) electrons. The molecule has 3 fully saturated rings. The van der Waals surface area contributed by atoms with Gasteiger partial charge in [-0.3, -0.25) is 4.68 Å². The van der Waals surface area contributed by atoms with Crippen molar-refractivity contribution >= 4 is 6.08 Å². The molecule has 29 heavy (non-hydrogen) atoms. The summed E-state index contributed by atoms with van der Waals surface area (Å²) in [6, 6.07) is 0. The number of aliphatic hydroxyl groups excluding tert-OH is 2. The third-order valence-electron chi connectivity index (χ3n) is 9.34. The Bertz CT molecular complexity index is 883. The van der Waals surface area contributed by atoms with Crippen molar-refractivity contribution in [3.05, 3.63) is 34.7 Å². The lowest BCUT2D eigenvalue weighted by atomic mass is 9.48. The summed E-state index contributed by atoms with van der Waals surface area (Å²) in [6.07, 6.45) is 13.6. The summed E-state index contributed by atoms with van der Waals surface area (Å²) in [6.45, 7) is 6.84. The summed E-state index contributed by atoms with van der Waals surface area (Å²) < 4.78 is 1.86. The number of aryl methyl sites for hydroxylation is 2. The zero-order valence-electron chi connectivity index (χ0n) is 18.4. The summed E-state index contributed by atoms with van der Waals surface area (Å²) in [5, 5.41) is 26.0.